The minimum Gasteiger partial charge on any atom is -0.352 e. The lowest BCUT2D eigenvalue weighted by atomic mass is 10.0. The molecule has 3 heterocycles. The van der Waals surface area contributed by atoms with E-state index in [0.29, 0.717) is 22.7 Å². The van der Waals surface area contributed by atoms with Crippen molar-refractivity contribution in [3.05, 3.63) is 81.5 Å². The van der Waals surface area contributed by atoms with E-state index in [-0.39, 0.29) is 39.7 Å². The van der Waals surface area contributed by atoms with E-state index in [1.165, 1.54) is 18.3 Å². The van der Waals surface area contributed by atoms with Crippen LogP contribution in [0.5, 0.6) is 0 Å². The van der Waals surface area contributed by atoms with E-state index < -0.39 is 42.1 Å². The van der Waals surface area contributed by atoms with E-state index in [9.17, 15) is 40.3 Å². The van der Waals surface area contributed by atoms with E-state index >= 15 is 0 Å². The highest BCUT2D eigenvalue weighted by atomic mass is 35.5. The van der Waals surface area contributed by atoms with Crippen molar-refractivity contribution in [2.75, 3.05) is 11.9 Å². The standard InChI is InChI=1S/C28H24ClF7N8O2/c1-14-8-15(2)22(18(9-14)24(45)38-11-16-5-6-16)39-25(46)20-10-17(41-44(20)23-19(29)4-3-7-37-23)12-43-13-21(40-42-43)26(30,27(31,32)33)28(34,35)36/h3-4,7-10,13,16H,5-6,11-12H2,1-2H3,(H,38,45)(H,39,46). The van der Waals surface area contributed by atoms with E-state index in [4.69, 9.17) is 11.6 Å². The van der Waals surface area contributed by atoms with Gasteiger partial charge in [-0.15, -0.1) is 5.10 Å². The number of carbonyl (C=O) groups is 2. The molecule has 1 aliphatic carbocycles. The molecular weight excluding hydrogens is 649 g/mol. The van der Waals surface area contributed by atoms with E-state index in [1.54, 1.807) is 26.0 Å². The Bertz CT molecular complexity index is 1780. The molecule has 18 heteroatoms. The predicted octanol–water partition coefficient (Wildman–Crippen LogP) is 5.86. The van der Waals surface area contributed by atoms with Crippen LogP contribution in [0, 0.1) is 19.8 Å². The molecule has 0 radical (unpaired) electrons. The Morgan fingerprint density at radius 1 is 1.02 bits per heavy atom. The van der Waals surface area contributed by atoms with Crippen LogP contribution in [0.25, 0.3) is 5.82 Å². The number of hydrogen-bond donors (Lipinski definition) is 2. The first kappa shape index (κ1) is 32.8. The van der Waals surface area contributed by atoms with Crippen molar-refractivity contribution < 1.29 is 40.3 Å². The molecule has 244 valence electrons. The zero-order chi connectivity index (χ0) is 33.6. The first-order valence-corrected chi connectivity index (χ1v) is 14.0. The number of rotatable bonds is 9. The molecule has 1 aliphatic rings. The number of anilines is 1. The fourth-order valence-corrected chi connectivity index (χ4v) is 4.86. The van der Waals surface area contributed by atoms with Crippen LogP contribution in [-0.2, 0) is 12.2 Å². The van der Waals surface area contributed by atoms with Crippen LogP contribution < -0.4 is 10.6 Å². The van der Waals surface area contributed by atoms with Gasteiger partial charge in [0.2, 0.25) is 0 Å². The summed E-state index contributed by atoms with van der Waals surface area (Å²) in [6.45, 7) is 3.32. The van der Waals surface area contributed by atoms with Gasteiger partial charge in [0.15, 0.2) is 5.82 Å². The van der Waals surface area contributed by atoms with Gasteiger partial charge in [-0.3, -0.25) is 9.59 Å². The van der Waals surface area contributed by atoms with Gasteiger partial charge in [0.25, 0.3) is 11.8 Å². The van der Waals surface area contributed by atoms with Gasteiger partial charge in [-0.25, -0.2) is 18.7 Å². The third kappa shape index (κ3) is 6.41. The van der Waals surface area contributed by atoms with Gasteiger partial charge in [-0.05, 0) is 68.0 Å². The highest BCUT2D eigenvalue weighted by molar-refractivity contribution is 6.32. The molecule has 4 aromatic rings. The number of aromatic nitrogens is 6. The summed E-state index contributed by atoms with van der Waals surface area (Å²) in [6, 6.07) is 7.46. The third-order valence-corrected chi connectivity index (χ3v) is 7.44. The largest absolute Gasteiger partial charge is 0.437 e. The second-order valence-electron chi connectivity index (χ2n) is 10.8. The van der Waals surface area contributed by atoms with Crippen molar-refractivity contribution in [2.45, 2.75) is 51.3 Å². The number of hydrogen-bond acceptors (Lipinski definition) is 6. The summed E-state index contributed by atoms with van der Waals surface area (Å²) < 4.78 is 95.2. The number of pyridine rings is 1. The van der Waals surface area contributed by atoms with Crippen molar-refractivity contribution in [3.8, 4) is 5.82 Å². The molecular formula is C28H24ClF7N8O2. The number of carbonyl (C=O) groups excluding carboxylic acids is 2. The molecule has 2 N–H and O–H groups in total. The van der Waals surface area contributed by atoms with Gasteiger partial charge in [-0.1, -0.05) is 22.9 Å². The van der Waals surface area contributed by atoms with Crippen molar-refractivity contribution in [2.24, 2.45) is 5.92 Å². The molecule has 0 spiro atoms. The first-order valence-electron chi connectivity index (χ1n) is 13.6. The Kier molecular flexibility index (Phi) is 8.57. The Morgan fingerprint density at radius 3 is 2.35 bits per heavy atom. The SMILES string of the molecule is Cc1cc(C)c(NC(=O)c2cc(Cn3cc(C(F)(C(F)(F)F)C(F)(F)F)nn3)nn2-c2ncccc2Cl)c(C(=O)NCC2CC2)c1. The van der Waals surface area contributed by atoms with Crippen LogP contribution in [-0.4, -0.2) is 60.5 Å². The lowest BCUT2D eigenvalue weighted by molar-refractivity contribution is -0.350. The molecule has 0 aliphatic heterocycles. The average Bonchev–Trinajstić information content (AvgIpc) is 3.52. The molecule has 0 atom stereocenters. The molecule has 0 bridgehead atoms. The van der Waals surface area contributed by atoms with Gasteiger partial charge >= 0.3 is 18.0 Å². The molecule has 0 unspecified atom stereocenters. The normalized spacial score (nSPS) is 14.0. The highest BCUT2D eigenvalue weighted by Gasteiger charge is 2.75. The van der Waals surface area contributed by atoms with E-state index in [1.807, 2.05) is 0 Å². The zero-order valence-electron chi connectivity index (χ0n) is 24.0. The summed E-state index contributed by atoms with van der Waals surface area (Å²) in [4.78, 5) is 30.9. The second kappa shape index (κ2) is 12.0. The summed E-state index contributed by atoms with van der Waals surface area (Å²) >= 11 is 6.29. The first-order chi connectivity index (χ1) is 21.5. The smallest absolute Gasteiger partial charge is 0.352 e. The number of nitrogens with zero attached hydrogens (tertiary/aromatic N) is 6. The number of aryl methyl sites for hydroxylation is 2. The van der Waals surface area contributed by atoms with Crippen LogP contribution >= 0.6 is 11.6 Å². The number of alkyl halides is 7. The Hall–Kier alpha value is -4.54. The Balaban J connectivity index is 1.50. The molecule has 1 aromatic carbocycles. The van der Waals surface area contributed by atoms with Gasteiger partial charge in [0.1, 0.15) is 11.4 Å². The van der Waals surface area contributed by atoms with Gasteiger partial charge in [0, 0.05) is 12.7 Å². The number of benzene rings is 1. The minimum absolute atomic E-state index is 0.0402. The maximum absolute atomic E-state index is 14.5. The molecule has 10 nitrogen and oxygen atoms in total. The number of halogens is 8. The summed E-state index contributed by atoms with van der Waals surface area (Å²) in [6.07, 6.45) is -9.25. The fraction of sp³-hybridized carbons (Fsp3) is 0.357. The average molecular weight is 673 g/mol. The van der Waals surface area contributed by atoms with Crippen LogP contribution in [0.4, 0.5) is 36.4 Å². The van der Waals surface area contributed by atoms with E-state index in [0.717, 1.165) is 29.2 Å². The summed E-state index contributed by atoms with van der Waals surface area (Å²) in [5.74, 6) is -0.854. The van der Waals surface area contributed by atoms with Gasteiger partial charge in [0.05, 0.1) is 34.7 Å². The lowest BCUT2D eigenvalue weighted by Gasteiger charge is -2.27. The molecule has 1 fully saturated rings. The molecule has 5 rings (SSSR count). The van der Waals surface area contributed by atoms with Gasteiger partial charge < -0.3 is 10.6 Å². The molecule has 0 saturated heterocycles. The maximum Gasteiger partial charge on any atom is 0.437 e. The van der Waals surface area contributed by atoms with Crippen molar-refractivity contribution in [1.29, 1.82) is 0 Å². The zero-order valence-corrected chi connectivity index (χ0v) is 24.7. The monoisotopic (exact) mass is 672 g/mol. The number of nitrogens with one attached hydrogen (secondary N) is 2. The number of amides is 2. The second-order valence-corrected chi connectivity index (χ2v) is 11.2. The van der Waals surface area contributed by atoms with Gasteiger partial charge in [-0.2, -0.15) is 31.4 Å². The summed E-state index contributed by atoms with van der Waals surface area (Å²) in [7, 11) is 0. The molecule has 46 heavy (non-hydrogen) atoms. The van der Waals surface area contributed by atoms with Crippen LogP contribution in [0.2, 0.25) is 5.02 Å². The van der Waals surface area contributed by atoms with Crippen LogP contribution in [0.1, 0.15) is 56.2 Å². The summed E-state index contributed by atoms with van der Waals surface area (Å²) in [5.41, 5.74) is -6.41. The third-order valence-electron chi connectivity index (χ3n) is 7.14. The highest BCUT2D eigenvalue weighted by Crippen LogP contribution is 2.52. The molecule has 2 amide bonds. The van der Waals surface area contributed by atoms with Crippen LogP contribution in [0.15, 0.2) is 42.7 Å². The summed E-state index contributed by atoms with van der Waals surface area (Å²) in [5, 5.41) is 15.8. The molecule has 1 saturated carbocycles. The topological polar surface area (TPSA) is 120 Å². The minimum atomic E-state index is -6.38. The van der Waals surface area contributed by atoms with Crippen molar-refractivity contribution in [3.63, 3.8) is 0 Å². The maximum atomic E-state index is 14.5. The Labute approximate surface area is 260 Å². The van der Waals surface area contributed by atoms with E-state index in [2.05, 4.69) is 31.0 Å². The molecule has 3 aromatic heterocycles. The quantitative estimate of drug-likeness (QED) is 0.215. The van der Waals surface area contributed by atoms with Crippen molar-refractivity contribution in [1.82, 2.24) is 35.1 Å². The lowest BCUT2D eigenvalue weighted by Crippen LogP contribution is -2.50. The predicted molar refractivity (Wildman–Crippen MR) is 149 cm³/mol. The van der Waals surface area contributed by atoms with Crippen molar-refractivity contribution >= 4 is 29.1 Å². The Morgan fingerprint density at radius 2 is 1.72 bits per heavy atom. The van der Waals surface area contributed by atoms with Crippen LogP contribution in [0.3, 0.4) is 0 Å². The fourth-order valence-electron chi connectivity index (χ4n) is 4.66.